The topological polar surface area (TPSA) is 65.5 Å². The number of carbonyl (C=O) groups excluding carboxylic acids is 2. The molecule has 2 bridgehead atoms. The van der Waals surface area contributed by atoms with Gasteiger partial charge in [-0.1, -0.05) is 0 Å². The van der Waals surface area contributed by atoms with Crippen LogP contribution in [0.1, 0.15) is 33.0 Å². The monoisotopic (exact) mass is 416 g/mol. The predicted octanol–water partition coefficient (Wildman–Crippen LogP) is 2.31. The van der Waals surface area contributed by atoms with Crippen molar-refractivity contribution >= 4 is 45.0 Å². The molecule has 148 valence electrons. The summed E-state index contributed by atoms with van der Waals surface area (Å²) in [5.74, 6) is 2.59. The molecule has 1 atom stereocenters. The second kappa shape index (κ2) is 7.65. The highest BCUT2D eigenvalue weighted by Gasteiger charge is 2.35. The van der Waals surface area contributed by atoms with Crippen LogP contribution < -0.4 is 5.32 Å². The van der Waals surface area contributed by atoms with Gasteiger partial charge in [0.05, 0.1) is 4.88 Å². The maximum absolute atomic E-state index is 12.8. The van der Waals surface area contributed by atoms with E-state index in [-0.39, 0.29) is 17.9 Å². The Balaban J connectivity index is 1.32. The highest BCUT2D eigenvalue weighted by atomic mass is 32.2. The Morgan fingerprint density at radius 2 is 1.89 bits per heavy atom. The third-order valence-corrected chi connectivity index (χ3v) is 8.14. The first-order chi connectivity index (χ1) is 13.7. The van der Waals surface area contributed by atoms with E-state index in [0.29, 0.717) is 11.6 Å². The molecule has 4 aliphatic rings. The lowest BCUT2D eigenvalue weighted by atomic mass is 9.84. The van der Waals surface area contributed by atoms with Crippen molar-refractivity contribution in [1.29, 1.82) is 0 Å². The van der Waals surface area contributed by atoms with Crippen LogP contribution in [0.5, 0.6) is 0 Å². The van der Waals surface area contributed by atoms with E-state index in [1.54, 1.807) is 6.20 Å². The summed E-state index contributed by atoms with van der Waals surface area (Å²) in [6, 6.07) is 3.97. The molecule has 1 unspecified atom stereocenters. The fraction of sp³-hybridized carbons (Fsp3) is 0.550. The maximum Gasteiger partial charge on any atom is 0.270 e. The number of hydrogen-bond acceptors (Lipinski definition) is 6. The Morgan fingerprint density at radius 1 is 1.11 bits per heavy atom. The molecule has 0 saturated carbocycles. The van der Waals surface area contributed by atoms with Crippen molar-refractivity contribution in [2.45, 2.75) is 18.9 Å². The van der Waals surface area contributed by atoms with Crippen molar-refractivity contribution in [1.82, 2.24) is 20.1 Å². The number of piperidine rings is 3. The van der Waals surface area contributed by atoms with Crippen LogP contribution in [0.4, 0.5) is 0 Å². The number of amides is 2. The summed E-state index contributed by atoms with van der Waals surface area (Å²) in [4.78, 5) is 35.0. The van der Waals surface area contributed by atoms with E-state index in [9.17, 15) is 9.59 Å². The first-order valence-corrected chi connectivity index (χ1v) is 11.9. The number of fused-ring (bicyclic) bond motifs is 4. The highest BCUT2D eigenvalue weighted by molar-refractivity contribution is 7.99. The zero-order chi connectivity index (χ0) is 19.1. The van der Waals surface area contributed by atoms with Gasteiger partial charge in [-0.3, -0.25) is 14.6 Å². The Kier molecular flexibility index (Phi) is 5.02. The van der Waals surface area contributed by atoms with Gasteiger partial charge in [0.25, 0.3) is 11.8 Å². The van der Waals surface area contributed by atoms with Crippen LogP contribution in [0.3, 0.4) is 0 Å². The minimum Gasteiger partial charge on any atom is -0.346 e. The van der Waals surface area contributed by atoms with Gasteiger partial charge >= 0.3 is 0 Å². The fourth-order valence-electron chi connectivity index (χ4n) is 4.46. The van der Waals surface area contributed by atoms with E-state index in [1.165, 1.54) is 24.2 Å². The normalized spacial score (nSPS) is 27.1. The molecule has 0 aliphatic carbocycles. The lowest BCUT2D eigenvalue weighted by Gasteiger charge is -2.44. The second-order valence-electron chi connectivity index (χ2n) is 7.84. The van der Waals surface area contributed by atoms with Crippen molar-refractivity contribution < 1.29 is 9.59 Å². The molecule has 6 heterocycles. The van der Waals surface area contributed by atoms with E-state index in [0.717, 1.165) is 59.2 Å². The standard InChI is InChI=1S/C20H24N4O2S2/c25-19(22-16-12-23-3-1-13(16)2-4-23)15-10-17-14(11-21-15)9-18(28-17)20(26)24-5-7-27-8-6-24/h9-11,13,16H,1-8,12H2,(H,22,25). The van der Waals surface area contributed by atoms with Crippen LogP contribution in [0.2, 0.25) is 0 Å². The average molecular weight is 417 g/mol. The third kappa shape index (κ3) is 3.53. The summed E-state index contributed by atoms with van der Waals surface area (Å²) in [6.45, 7) is 4.88. The van der Waals surface area contributed by atoms with E-state index >= 15 is 0 Å². The minimum atomic E-state index is -0.102. The number of carbonyl (C=O) groups is 2. The lowest BCUT2D eigenvalue weighted by molar-refractivity contribution is 0.0617. The maximum atomic E-state index is 12.8. The van der Waals surface area contributed by atoms with Crippen molar-refractivity contribution in [3.63, 3.8) is 0 Å². The number of nitrogens with one attached hydrogen (secondary N) is 1. The number of aromatic nitrogens is 1. The van der Waals surface area contributed by atoms with Crippen LogP contribution >= 0.6 is 23.1 Å². The van der Waals surface area contributed by atoms with E-state index in [2.05, 4.69) is 15.2 Å². The molecule has 2 amide bonds. The van der Waals surface area contributed by atoms with Crippen molar-refractivity contribution in [2.24, 2.45) is 5.92 Å². The van der Waals surface area contributed by atoms with Gasteiger partial charge in [0.15, 0.2) is 0 Å². The molecule has 6 nitrogen and oxygen atoms in total. The molecule has 8 heteroatoms. The molecule has 0 radical (unpaired) electrons. The van der Waals surface area contributed by atoms with Crippen molar-refractivity contribution in [3.05, 3.63) is 28.9 Å². The molecule has 6 rings (SSSR count). The summed E-state index contributed by atoms with van der Waals surface area (Å²) in [5, 5.41) is 4.13. The summed E-state index contributed by atoms with van der Waals surface area (Å²) in [7, 11) is 0. The lowest BCUT2D eigenvalue weighted by Crippen LogP contribution is -2.57. The number of thioether (sulfide) groups is 1. The molecule has 4 aliphatic heterocycles. The summed E-state index contributed by atoms with van der Waals surface area (Å²) in [6.07, 6.45) is 4.06. The van der Waals surface area contributed by atoms with E-state index in [1.807, 2.05) is 28.8 Å². The van der Waals surface area contributed by atoms with Crippen LogP contribution in [0.15, 0.2) is 18.3 Å². The van der Waals surface area contributed by atoms with Gasteiger partial charge in [-0.2, -0.15) is 11.8 Å². The van der Waals surface area contributed by atoms with Crippen molar-refractivity contribution in [2.75, 3.05) is 44.2 Å². The zero-order valence-electron chi connectivity index (χ0n) is 15.7. The Morgan fingerprint density at radius 3 is 2.61 bits per heavy atom. The van der Waals surface area contributed by atoms with Gasteiger partial charge in [-0.25, -0.2) is 0 Å². The molecule has 2 aromatic rings. The van der Waals surface area contributed by atoms with Gasteiger partial charge in [0.2, 0.25) is 0 Å². The summed E-state index contributed by atoms with van der Waals surface area (Å²) < 4.78 is 0.948. The molecule has 28 heavy (non-hydrogen) atoms. The van der Waals surface area contributed by atoms with Gasteiger partial charge < -0.3 is 15.1 Å². The molecule has 4 fully saturated rings. The summed E-state index contributed by atoms with van der Waals surface area (Å²) in [5.41, 5.74) is 0.444. The number of thiophene rings is 1. The minimum absolute atomic E-state index is 0.0970. The molecule has 1 N–H and O–H groups in total. The van der Waals surface area contributed by atoms with E-state index < -0.39 is 0 Å². The van der Waals surface area contributed by atoms with Crippen LogP contribution in [-0.2, 0) is 0 Å². The molecule has 4 saturated heterocycles. The molecular weight excluding hydrogens is 392 g/mol. The Hall–Kier alpha value is -1.64. The highest BCUT2D eigenvalue weighted by Crippen LogP contribution is 2.29. The van der Waals surface area contributed by atoms with E-state index in [4.69, 9.17) is 0 Å². The van der Waals surface area contributed by atoms with Crippen molar-refractivity contribution in [3.8, 4) is 0 Å². The van der Waals surface area contributed by atoms with Gasteiger partial charge in [0, 0.05) is 53.5 Å². The first-order valence-electron chi connectivity index (χ1n) is 9.97. The predicted molar refractivity (Wildman–Crippen MR) is 113 cm³/mol. The van der Waals surface area contributed by atoms with Crippen LogP contribution in [0, 0.1) is 5.92 Å². The SMILES string of the molecule is O=C(NC1CN2CCC1CC2)c1cc2sc(C(=O)N3CCSCC3)cc2cn1. The smallest absolute Gasteiger partial charge is 0.270 e. The number of hydrogen-bond donors (Lipinski definition) is 1. The third-order valence-electron chi connectivity index (χ3n) is 6.12. The molecular formula is C20H24N4O2S2. The first kappa shape index (κ1) is 18.4. The average Bonchev–Trinajstić information content (AvgIpc) is 3.18. The fourth-order valence-corrected chi connectivity index (χ4v) is 6.40. The molecule has 2 aromatic heterocycles. The van der Waals surface area contributed by atoms with Crippen LogP contribution in [-0.4, -0.2) is 76.9 Å². The largest absolute Gasteiger partial charge is 0.346 e. The zero-order valence-corrected chi connectivity index (χ0v) is 17.4. The number of pyridine rings is 1. The van der Waals surface area contributed by atoms with Gasteiger partial charge in [0.1, 0.15) is 5.69 Å². The Bertz CT molecular complexity index is 901. The second-order valence-corrected chi connectivity index (χ2v) is 10.1. The van der Waals surface area contributed by atoms with Crippen LogP contribution in [0.25, 0.3) is 10.1 Å². The molecule has 0 spiro atoms. The molecule has 0 aromatic carbocycles. The number of rotatable bonds is 3. The summed E-state index contributed by atoms with van der Waals surface area (Å²) >= 11 is 3.35. The number of nitrogens with zero attached hydrogens (tertiary/aromatic N) is 3. The van der Waals surface area contributed by atoms with Gasteiger partial charge in [-0.15, -0.1) is 11.3 Å². The van der Waals surface area contributed by atoms with Gasteiger partial charge in [-0.05, 0) is 44.0 Å². The quantitative estimate of drug-likeness (QED) is 0.832. The Labute approximate surface area is 172 Å².